The van der Waals surface area contributed by atoms with Crippen LogP contribution in [0.3, 0.4) is 0 Å². The van der Waals surface area contributed by atoms with Crippen LogP contribution < -0.4 is 4.67 Å². The van der Waals surface area contributed by atoms with Gasteiger partial charge in [-0.3, -0.25) is 0 Å². The first-order chi connectivity index (χ1) is 18.2. The van der Waals surface area contributed by atoms with Crippen LogP contribution in [-0.4, -0.2) is 0 Å². The smallest absolute Gasteiger partial charge is 0.310 e. The van der Waals surface area contributed by atoms with Crippen LogP contribution in [0.25, 0.3) is 21.9 Å². The van der Waals surface area contributed by atoms with Gasteiger partial charge in [0.15, 0.2) is 0 Å². The Morgan fingerprint density at radius 3 is 1.29 bits per heavy atom. The zero-order chi connectivity index (χ0) is 27.1. The molecule has 1 heterocycles. The third-order valence-corrected chi connectivity index (χ3v) is 9.85. The van der Waals surface area contributed by atoms with Gasteiger partial charge in [-0.15, -0.1) is 0 Å². The molecule has 5 rings (SSSR count). The summed E-state index contributed by atoms with van der Waals surface area (Å²) < 4.78 is 16.6. The molecule has 0 amide bonds. The van der Waals surface area contributed by atoms with E-state index in [0.717, 1.165) is 22.3 Å². The Kier molecular flexibility index (Phi) is 7.27. The molecule has 1 aromatic heterocycles. The van der Waals surface area contributed by atoms with Gasteiger partial charge in [0.2, 0.25) is 0 Å². The topological polar surface area (TPSA) is 29.5 Å². The molecule has 5 aromatic rings. The number of hydrogen-bond donors (Lipinski definition) is 0. The van der Waals surface area contributed by atoms with Crippen molar-refractivity contribution < 1.29 is 8.39 Å². The van der Waals surface area contributed by atoms with Gasteiger partial charge in [0, 0.05) is 22.9 Å². The van der Waals surface area contributed by atoms with E-state index in [0.29, 0.717) is 0 Å². The Labute approximate surface area is 227 Å². The highest BCUT2D eigenvalue weighted by molar-refractivity contribution is 7.39. The van der Waals surface area contributed by atoms with Crippen molar-refractivity contribution in [3.05, 3.63) is 117 Å². The van der Waals surface area contributed by atoms with Gasteiger partial charge in [-0.1, -0.05) is 72.8 Å². The van der Waals surface area contributed by atoms with E-state index in [-0.39, 0.29) is 12.1 Å². The van der Waals surface area contributed by atoms with Crippen LogP contribution in [0.15, 0.2) is 81.2 Å². The molecule has 0 saturated heterocycles. The van der Waals surface area contributed by atoms with Crippen molar-refractivity contribution in [1.29, 1.82) is 0 Å². The van der Waals surface area contributed by atoms with Crippen LogP contribution in [-0.2, 0) is 0 Å². The number of aryl methyl sites for hydroxylation is 6. The molecule has 4 aromatic carbocycles. The van der Waals surface area contributed by atoms with Crippen LogP contribution >= 0.6 is 8.16 Å². The van der Waals surface area contributed by atoms with Crippen LogP contribution in [0.4, 0.5) is 0 Å². The molecule has 0 aliphatic rings. The van der Waals surface area contributed by atoms with E-state index in [1.165, 1.54) is 44.2 Å². The maximum absolute atomic E-state index is 7.07. The molecule has 4 heteroatoms. The fraction of sp³-hybridized carbons (Fsp3) is 0.294. The third-order valence-electron chi connectivity index (χ3n) is 8.10. The van der Waals surface area contributed by atoms with Crippen molar-refractivity contribution in [3.63, 3.8) is 0 Å². The van der Waals surface area contributed by atoms with E-state index in [1.807, 2.05) is 0 Å². The number of benzene rings is 4. The molecule has 0 fully saturated rings. The molecule has 0 unspecified atom stereocenters. The van der Waals surface area contributed by atoms with Gasteiger partial charge in [-0.05, 0) is 99.9 Å². The number of hydrogen-bond acceptors (Lipinski definition) is 3. The largest absolute Gasteiger partial charge is 0.407 e. The van der Waals surface area contributed by atoms with Crippen LogP contribution in [0.5, 0.6) is 0 Å². The normalized spacial score (nSPS) is 13.3. The van der Waals surface area contributed by atoms with Crippen molar-refractivity contribution in [2.45, 2.75) is 67.5 Å². The lowest BCUT2D eigenvalue weighted by molar-refractivity contribution is 0.557. The molecule has 0 spiro atoms. The SMILES string of the molecule is Cc1cc(C)c2op(N([C@@H](C)c3ccccc3)[C@@H](C)c3ccccc3)oc3c(C)cc(C)c(C)c3c2c1C. The van der Waals surface area contributed by atoms with Crippen molar-refractivity contribution in [2.75, 3.05) is 4.67 Å². The Morgan fingerprint density at radius 1 is 0.553 bits per heavy atom. The minimum Gasteiger partial charge on any atom is -0.407 e. The highest BCUT2D eigenvalue weighted by Gasteiger charge is 2.29. The fourth-order valence-electron chi connectivity index (χ4n) is 5.62. The van der Waals surface area contributed by atoms with Gasteiger partial charge in [-0.2, -0.15) is 4.67 Å². The summed E-state index contributed by atoms with van der Waals surface area (Å²) in [6, 6.07) is 26.0. The predicted octanol–water partition coefficient (Wildman–Crippen LogP) is 10.6. The summed E-state index contributed by atoms with van der Waals surface area (Å²) >= 11 is 0. The second-order valence-corrected chi connectivity index (χ2v) is 12.0. The summed E-state index contributed by atoms with van der Waals surface area (Å²) in [6.07, 6.45) is 0. The average molecular weight is 524 g/mol. The third kappa shape index (κ3) is 4.59. The van der Waals surface area contributed by atoms with Gasteiger partial charge < -0.3 is 8.39 Å². The summed E-state index contributed by atoms with van der Waals surface area (Å²) in [6.45, 7) is 17.6. The monoisotopic (exact) mass is 523 g/mol. The molecular weight excluding hydrogens is 485 g/mol. The highest BCUT2D eigenvalue weighted by atomic mass is 31.1. The highest BCUT2D eigenvalue weighted by Crippen LogP contribution is 2.48. The lowest BCUT2D eigenvalue weighted by Crippen LogP contribution is -2.27. The second kappa shape index (κ2) is 10.5. The van der Waals surface area contributed by atoms with Gasteiger partial charge in [0.1, 0.15) is 11.2 Å². The average Bonchev–Trinajstić information content (AvgIpc) is 3.10. The first-order valence-electron chi connectivity index (χ1n) is 13.4. The first-order valence-corrected chi connectivity index (χ1v) is 14.6. The Balaban J connectivity index is 1.92. The van der Waals surface area contributed by atoms with Gasteiger partial charge in [0.05, 0.1) is 0 Å². The van der Waals surface area contributed by atoms with Crippen LogP contribution in [0.1, 0.15) is 70.4 Å². The van der Waals surface area contributed by atoms with Crippen molar-refractivity contribution in [1.82, 2.24) is 0 Å². The Bertz CT molecular complexity index is 1530. The molecule has 2 atom stereocenters. The molecule has 0 N–H and O–H groups in total. The minimum atomic E-state index is -1.50. The van der Waals surface area contributed by atoms with Crippen molar-refractivity contribution in [2.24, 2.45) is 0 Å². The van der Waals surface area contributed by atoms with Gasteiger partial charge in [-0.25, -0.2) is 0 Å². The number of rotatable bonds is 5. The van der Waals surface area contributed by atoms with Crippen molar-refractivity contribution in [3.8, 4) is 0 Å². The Hall–Kier alpha value is -3.26. The molecule has 0 radical (unpaired) electrons. The van der Waals surface area contributed by atoms with Gasteiger partial charge >= 0.3 is 8.16 Å². The molecule has 196 valence electrons. The van der Waals surface area contributed by atoms with Gasteiger partial charge in [0.25, 0.3) is 0 Å². The maximum atomic E-state index is 7.07. The summed E-state index contributed by atoms with van der Waals surface area (Å²) in [5, 5.41) is 2.35. The molecule has 0 aliphatic heterocycles. The van der Waals surface area contributed by atoms with E-state index >= 15 is 0 Å². The standard InChI is InChI=1S/C34H38NO2P/c1-21-19-23(3)33-31(25(21)5)32-26(6)22(2)20-24(4)34(32)37-38(36-33)35(27(7)29-15-11-9-12-16-29)28(8)30-17-13-10-14-18-30/h9-20,27-28H,1-8H3/t27-,28-/m0/s1. The van der Waals surface area contributed by atoms with Crippen LogP contribution in [0, 0.1) is 41.5 Å². The quantitative estimate of drug-likeness (QED) is 0.229. The van der Waals surface area contributed by atoms with Crippen molar-refractivity contribution >= 4 is 30.1 Å². The molecule has 3 nitrogen and oxygen atoms in total. The number of nitrogens with zero attached hydrogens (tertiary/aromatic N) is 1. The van der Waals surface area contributed by atoms with E-state index < -0.39 is 8.16 Å². The first kappa shape index (κ1) is 26.4. The zero-order valence-corrected chi connectivity index (χ0v) is 24.7. The molecule has 0 saturated carbocycles. The predicted molar refractivity (Wildman–Crippen MR) is 163 cm³/mol. The van der Waals surface area contributed by atoms with E-state index in [4.69, 9.17) is 8.39 Å². The second-order valence-electron chi connectivity index (χ2n) is 10.7. The van der Waals surface area contributed by atoms with E-state index in [9.17, 15) is 0 Å². The molecular formula is C34H38NO2P. The minimum absolute atomic E-state index is 0.0706. The summed E-state index contributed by atoms with van der Waals surface area (Å²) in [5.41, 5.74) is 11.7. The summed E-state index contributed by atoms with van der Waals surface area (Å²) in [7, 11) is -1.50. The zero-order valence-electron chi connectivity index (χ0n) is 23.8. The van der Waals surface area contributed by atoms with E-state index in [1.54, 1.807) is 0 Å². The number of fused-ring (bicyclic) bond motifs is 3. The summed E-state index contributed by atoms with van der Waals surface area (Å²) in [5.74, 6) is 0. The molecule has 0 aliphatic carbocycles. The Morgan fingerprint density at radius 2 is 0.921 bits per heavy atom. The fourth-order valence-corrected chi connectivity index (χ4v) is 7.46. The summed E-state index contributed by atoms with van der Waals surface area (Å²) in [4.78, 5) is 0. The molecule has 38 heavy (non-hydrogen) atoms. The van der Waals surface area contributed by atoms with Crippen LogP contribution in [0.2, 0.25) is 0 Å². The lowest BCUT2D eigenvalue weighted by atomic mass is 9.94. The maximum Gasteiger partial charge on any atom is 0.310 e. The lowest BCUT2D eigenvalue weighted by Gasteiger charge is -2.31. The van der Waals surface area contributed by atoms with E-state index in [2.05, 4.69) is 133 Å². The molecule has 0 bridgehead atoms.